The van der Waals surface area contributed by atoms with Gasteiger partial charge in [0.05, 0.1) is 18.9 Å². The van der Waals surface area contributed by atoms with E-state index in [4.69, 9.17) is 14.2 Å². The summed E-state index contributed by atoms with van der Waals surface area (Å²) in [5, 5.41) is 2.68. The maximum absolute atomic E-state index is 12.0. The summed E-state index contributed by atoms with van der Waals surface area (Å²) in [7, 11) is 0. The number of para-hydroxylation sites is 2. The van der Waals surface area contributed by atoms with Crippen molar-refractivity contribution in [3.63, 3.8) is 0 Å². The van der Waals surface area contributed by atoms with Crippen LogP contribution in [0.1, 0.15) is 25.3 Å². The summed E-state index contributed by atoms with van der Waals surface area (Å²) >= 11 is 0. The molecule has 27 heavy (non-hydrogen) atoms. The molecular weight excluding hydrogens is 346 g/mol. The fourth-order valence-electron chi connectivity index (χ4n) is 2.37. The lowest BCUT2D eigenvalue weighted by Gasteiger charge is -2.11. The summed E-state index contributed by atoms with van der Waals surface area (Å²) in [6, 6.07) is 14.8. The molecule has 2 aromatic carbocycles. The lowest BCUT2D eigenvalue weighted by atomic mass is 10.2. The summed E-state index contributed by atoms with van der Waals surface area (Å²) in [4.78, 5) is 23.7. The van der Waals surface area contributed by atoms with Gasteiger partial charge in [-0.1, -0.05) is 24.3 Å². The molecule has 0 aromatic heterocycles. The van der Waals surface area contributed by atoms with Crippen molar-refractivity contribution in [3.8, 4) is 11.5 Å². The highest BCUT2D eigenvalue weighted by Gasteiger charge is 2.10. The number of benzene rings is 2. The van der Waals surface area contributed by atoms with Crippen LogP contribution >= 0.6 is 0 Å². The molecule has 1 amide bonds. The first-order valence-electron chi connectivity index (χ1n) is 8.95. The molecule has 6 heteroatoms. The van der Waals surface area contributed by atoms with Gasteiger partial charge >= 0.3 is 5.97 Å². The molecule has 0 aliphatic heterocycles. The number of carbonyl (C=O) groups excluding carboxylic acids is 2. The minimum Gasteiger partial charge on any atom is -0.494 e. The van der Waals surface area contributed by atoms with Crippen LogP contribution in [0.3, 0.4) is 0 Å². The number of carbonyl (C=O) groups is 2. The first-order valence-corrected chi connectivity index (χ1v) is 8.95. The van der Waals surface area contributed by atoms with E-state index in [1.807, 2.05) is 44.2 Å². The van der Waals surface area contributed by atoms with Gasteiger partial charge < -0.3 is 19.5 Å². The Morgan fingerprint density at radius 2 is 1.85 bits per heavy atom. The number of rotatable bonds is 10. The van der Waals surface area contributed by atoms with E-state index in [1.54, 1.807) is 18.2 Å². The van der Waals surface area contributed by atoms with E-state index >= 15 is 0 Å². The number of hydrogen-bond acceptors (Lipinski definition) is 5. The molecule has 144 valence electrons. The molecule has 0 aliphatic rings. The molecule has 0 fully saturated rings. The molecule has 0 heterocycles. The summed E-state index contributed by atoms with van der Waals surface area (Å²) in [6.07, 6.45) is 0.705. The van der Waals surface area contributed by atoms with Gasteiger partial charge in [-0.25, -0.2) is 0 Å². The minimum atomic E-state index is -0.434. The van der Waals surface area contributed by atoms with Gasteiger partial charge in [0.15, 0.2) is 6.61 Å². The van der Waals surface area contributed by atoms with Crippen LogP contribution < -0.4 is 14.8 Å². The van der Waals surface area contributed by atoms with Crippen molar-refractivity contribution in [2.75, 3.05) is 25.1 Å². The molecule has 0 spiro atoms. The van der Waals surface area contributed by atoms with E-state index in [9.17, 15) is 9.59 Å². The fraction of sp³-hybridized carbons (Fsp3) is 0.333. The van der Waals surface area contributed by atoms with Crippen LogP contribution in [0.15, 0.2) is 48.5 Å². The Hall–Kier alpha value is -3.02. The average Bonchev–Trinajstić information content (AvgIpc) is 2.65. The molecule has 1 N–H and O–H groups in total. The third-order valence-corrected chi connectivity index (χ3v) is 3.61. The summed E-state index contributed by atoms with van der Waals surface area (Å²) in [5.74, 6) is 0.506. The number of amides is 1. The van der Waals surface area contributed by atoms with Crippen molar-refractivity contribution in [1.82, 2.24) is 0 Å². The van der Waals surface area contributed by atoms with Gasteiger partial charge in [-0.2, -0.15) is 0 Å². The highest BCUT2D eigenvalue weighted by Crippen LogP contribution is 2.23. The summed E-state index contributed by atoms with van der Waals surface area (Å²) in [5.41, 5.74) is 1.66. The number of esters is 1. The third-order valence-electron chi connectivity index (χ3n) is 3.61. The molecule has 0 bridgehead atoms. The SMILES string of the molecule is CCOc1ccccc1NC(=O)COC(=O)CCCOc1cccc(C)c1. The van der Waals surface area contributed by atoms with Crippen LogP contribution in [0.25, 0.3) is 0 Å². The molecule has 2 aromatic rings. The van der Waals surface area contributed by atoms with E-state index in [0.717, 1.165) is 11.3 Å². The fourth-order valence-corrected chi connectivity index (χ4v) is 2.37. The Balaban J connectivity index is 1.65. The molecule has 0 aliphatic carbocycles. The highest BCUT2D eigenvalue weighted by molar-refractivity contribution is 5.94. The molecule has 0 radical (unpaired) electrons. The zero-order chi connectivity index (χ0) is 19.5. The molecular formula is C21H25NO5. The number of nitrogens with one attached hydrogen (secondary N) is 1. The molecule has 0 atom stereocenters. The first kappa shape index (κ1) is 20.3. The van der Waals surface area contributed by atoms with Gasteiger partial charge in [-0.05, 0) is 50.1 Å². The Morgan fingerprint density at radius 3 is 2.63 bits per heavy atom. The van der Waals surface area contributed by atoms with Crippen LogP contribution in [0.2, 0.25) is 0 Å². The summed E-state index contributed by atoms with van der Waals surface area (Å²) in [6.45, 7) is 4.42. The quantitative estimate of drug-likeness (QED) is 0.509. The minimum absolute atomic E-state index is 0.189. The van der Waals surface area contributed by atoms with E-state index in [1.165, 1.54) is 0 Å². The Morgan fingerprint density at radius 1 is 1.04 bits per heavy atom. The summed E-state index contributed by atoms with van der Waals surface area (Å²) < 4.78 is 16.0. The zero-order valence-corrected chi connectivity index (χ0v) is 15.7. The maximum Gasteiger partial charge on any atom is 0.306 e. The van der Waals surface area contributed by atoms with Crippen molar-refractivity contribution in [3.05, 3.63) is 54.1 Å². The third kappa shape index (κ3) is 7.40. The van der Waals surface area contributed by atoms with E-state index in [-0.39, 0.29) is 13.0 Å². The van der Waals surface area contributed by atoms with Gasteiger partial charge in [0.2, 0.25) is 0 Å². The Bertz CT molecular complexity index is 760. The normalized spacial score (nSPS) is 10.1. The highest BCUT2D eigenvalue weighted by atomic mass is 16.5. The van der Waals surface area contributed by atoms with Crippen molar-refractivity contribution < 1.29 is 23.8 Å². The van der Waals surface area contributed by atoms with Gasteiger partial charge in [0.25, 0.3) is 5.91 Å². The van der Waals surface area contributed by atoms with Gasteiger partial charge in [-0.3, -0.25) is 9.59 Å². The Kier molecular flexibility index (Phi) is 8.16. The first-order chi connectivity index (χ1) is 13.1. The van der Waals surface area contributed by atoms with Gasteiger partial charge in [-0.15, -0.1) is 0 Å². The molecule has 0 unspecified atom stereocenters. The lowest BCUT2D eigenvalue weighted by Crippen LogP contribution is -2.21. The van der Waals surface area contributed by atoms with Crippen molar-refractivity contribution in [2.45, 2.75) is 26.7 Å². The number of hydrogen-bond donors (Lipinski definition) is 1. The van der Waals surface area contributed by atoms with Crippen LogP contribution in [0.5, 0.6) is 11.5 Å². The second-order valence-corrected chi connectivity index (χ2v) is 5.91. The monoisotopic (exact) mass is 371 g/mol. The van der Waals surface area contributed by atoms with Crippen LogP contribution in [-0.4, -0.2) is 31.7 Å². The zero-order valence-electron chi connectivity index (χ0n) is 15.7. The Labute approximate surface area is 159 Å². The lowest BCUT2D eigenvalue weighted by molar-refractivity contribution is -0.147. The predicted molar refractivity (Wildman–Crippen MR) is 103 cm³/mol. The second kappa shape index (κ2) is 10.9. The van der Waals surface area contributed by atoms with Crippen LogP contribution in [0, 0.1) is 6.92 Å². The van der Waals surface area contributed by atoms with Crippen molar-refractivity contribution >= 4 is 17.6 Å². The van der Waals surface area contributed by atoms with Gasteiger partial charge in [0.1, 0.15) is 11.5 Å². The smallest absolute Gasteiger partial charge is 0.306 e. The van der Waals surface area contributed by atoms with E-state index < -0.39 is 11.9 Å². The van der Waals surface area contributed by atoms with Gasteiger partial charge in [0, 0.05) is 6.42 Å². The number of aryl methyl sites for hydroxylation is 1. The van der Waals surface area contributed by atoms with E-state index in [0.29, 0.717) is 31.1 Å². The molecule has 6 nitrogen and oxygen atoms in total. The second-order valence-electron chi connectivity index (χ2n) is 5.91. The number of anilines is 1. The average molecular weight is 371 g/mol. The molecule has 0 saturated carbocycles. The topological polar surface area (TPSA) is 73.9 Å². The molecule has 0 saturated heterocycles. The van der Waals surface area contributed by atoms with Crippen LogP contribution in [-0.2, 0) is 14.3 Å². The number of ether oxygens (including phenoxy) is 3. The van der Waals surface area contributed by atoms with Crippen molar-refractivity contribution in [2.24, 2.45) is 0 Å². The maximum atomic E-state index is 12.0. The van der Waals surface area contributed by atoms with E-state index in [2.05, 4.69) is 5.32 Å². The molecule has 2 rings (SSSR count). The van der Waals surface area contributed by atoms with Crippen molar-refractivity contribution in [1.29, 1.82) is 0 Å². The predicted octanol–water partition coefficient (Wildman–Crippen LogP) is 3.73. The standard InChI is InChI=1S/C21H25NO5/c1-3-25-19-11-5-4-10-18(19)22-20(23)15-27-21(24)12-7-13-26-17-9-6-8-16(2)14-17/h4-6,8-11,14H,3,7,12-13,15H2,1-2H3,(H,22,23). The van der Waals surface area contributed by atoms with Crippen LogP contribution in [0.4, 0.5) is 5.69 Å². The largest absolute Gasteiger partial charge is 0.494 e.